The number of aromatic nitrogens is 3. The number of anilines is 1. The number of hydrogen-bond acceptors (Lipinski definition) is 7. The van der Waals surface area contributed by atoms with Crippen molar-refractivity contribution in [2.75, 3.05) is 11.4 Å². The van der Waals surface area contributed by atoms with Gasteiger partial charge in [0, 0.05) is 17.3 Å². The third-order valence-corrected chi connectivity index (χ3v) is 5.91. The molecule has 3 aromatic rings. The van der Waals surface area contributed by atoms with E-state index in [0.29, 0.717) is 24.1 Å². The number of pyridine rings is 1. The van der Waals surface area contributed by atoms with Crippen LogP contribution in [0.5, 0.6) is 0 Å². The molecule has 4 heterocycles. The van der Waals surface area contributed by atoms with E-state index in [9.17, 15) is 9.90 Å². The summed E-state index contributed by atoms with van der Waals surface area (Å²) >= 11 is 1.64. The number of carbonyl (C=O) groups is 1. The number of hydrogen-bond donors (Lipinski definition) is 1. The fourth-order valence-corrected chi connectivity index (χ4v) is 4.28. The zero-order chi connectivity index (χ0) is 19.8. The molecule has 8 heteroatoms. The largest absolute Gasteiger partial charge is 0.478 e. The molecule has 1 aliphatic rings. The van der Waals surface area contributed by atoms with Crippen LogP contribution in [-0.4, -0.2) is 32.7 Å². The first kappa shape index (κ1) is 18.6. The Morgan fingerprint density at radius 3 is 2.75 bits per heavy atom. The minimum absolute atomic E-state index is 0.161. The summed E-state index contributed by atoms with van der Waals surface area (Å²) < 4.78 is 5.50. The van der Waals surface area contributed by atoms with E-state index in [1.165, 1.54) is 4.88 Å². The number of aryl methyl sites for hydroxylation is 1. The molecule has 1 fully saturated rings. The topological polar surface area (TPSA) is 92.3 Å². The molecule has 28 heavy (non-hydrogen) atoms. The average Bonchev–Trinajstić information content (AvgIpc) is 3.40. The highest BCUT2D eigenvalue weighted by Gasteiger charge is 2.34. The van der Waals surface area contributed by atoms with Crippen molar-refractivity contribution in [1.29, 1.82) is 0 Å². The van der Waals surface area contributed by atoms with Crippen molar-refractivity contribution in [3.8, 4) is 10.6 Å². The molecular weight excluding hydrogens is 376 g/mol. The maximum absolute atomic E-state index is 11.9. The molecule has 3 aromatic heterocycles. The van der Waals surface area contributed by atoms with Crippen LogP contribution >= 0.6 is 11.3 Å². The third-order valence-electron chi connectivity index (χ3n) is 4.88. The predicted molar refractivity (Wildman–Crippen MR) is 107 cm³/mol. The van der Waals surface area contributed by atoms with Crippen molar-refractivity contribution in [2.45, 2.75) is 45.6 Å². The van der Waals surface area contributed by atoms with E-state index in [-0.39, 0.29) is 17.5 Å². The molecule has 146 valence electrons. The predicted octanol–water partition coefficient (Wildman–Crippen LogP) is 4.66. The Morgan fingerprint density at radius 1 is 1.29 bits per heavy atom. The molecule has 0 saturated carbocycles. The molecule has 1 atom stereocenters. The molecule has 1 aliphatic heterocycles. The van der Waals surface area contributed by atoms with Crippen LogP contribution in [0.1, 0.15) is 65.6 Å². The Labute approximate surface area is 167 Å². The van der Waals surface area contributed by atoms with Gasteiger partial charge in [0.2, 0.25) is 5.89 Å². The minimum Gasteiger partial charge on any atom is -0.478 e. The summed E-state index contributed by atoms with van der Waals surface area (Å²) in [4.78, 5) is 25.3. The molecule has 0 aliphatic carbocycles. The fourth-order valence-electron chi connectivity index (χ4n) is 3.44. The lowest BCUT2D eigenvalue weighted by atomic mass is 10.1. The maximum Gasteiger partial charge on any atom is 0.339 e. The lowest BCUT2D eigenvalue weighted by Gasteiger charge is -2.24. The molecular formula is C20H22N4O3S. The van der Waals surface area contributed by atoms with Crippen molar-refractivity contribution in [3.05, 3.63) is 46.4 Å². The highest BCUT2D eigenvalue weighted by Crippen LogP contribution is 2.38. The molecule has 1 saturated heterocycles. The van der Waals surface area contributed by atoms with Gasteiger partial charge in [-0.1, -0.05) is 19.0 Å². The number of aromatic carboxylic acids is 1. The second-order valence-electron chi connectivity index (χ2n) is 7.28. The quantitative estimate of drug-likeness (QED) is 0.668. The summed E-state index contributed by atoms with van der Waals surface area (Å²) in [6.45, 7) is 6.76. The van der Waals surface area contributed by atoms with Crippen LogP contribution in [0.15, 0.2) is 28.8 Å². The van der Waals surface area contributed by atoms with Gasteiger partial charge in [-0.2, -0.15) is 4.98 Å². The summed E-state index contributed by atoms with van der Waals surface area (Å²) in [5.74, 6) is 0.830. The van der Waals surface area contributed by atoms with Crippen LogP contribution in [0.25, 0.3) is 10.6 Å². The van der Waals surface area contributed by atoms with Gasteiger partial charge in [0.15, 0.2) is 5.82 Å². The van der Waals surface area contributed by atoms with Crippen molar-refractivity contribution in [3.63, 3.8) is 0 Å². The molecule has 1 N–H and O–H groups in total. The highest BCUT2D eigenvalue weighted by atomic mass is 32.1. The van der Waals surface area contributed by atoms with Gasteiger partial charge < -0.3 is 14.5 Å². The Balaban J connectivity index is 1.75. The first-order chi connectivity index (χ1) is 13.4. The van der Waals surface area contributed by atoms with E-state index in [2.05, 4.69) is 10.1 Å². The molecule has 7 nitrogen and oxygen atoms in total. The number of carboxylic acid groups (broad SMARTS) is 1. The Bertz CT molecular complexity index is 1010. The molecule has 0 unspecified atom stereocenters. The number of nitrogens with zero attached hydrogens (tertiary/aromatic N) is 4. The number of carboxylic acids is 1. The van der Waals surface area contributed by atoms with Crippen molar-refractivity contribution in [2.24, 2.45) is 0 Å². The van der Waals surface area contributed by atoms with Gasteiger partial charge >= 0.3 is 5.97 Å². The van der Waals surface area contributed by atoms with Crippen LogP contribution in [0.2, 0.25) is 0 Å². The van der Waals surface area contributed by atoms with E-state index in [4.69, 9.17) is 9.51 Å². The lowest BCUT2D eigenvalue weighted by molar-refractivity contribution is 0.0697. The van der Waals surface area contributed by atoms with Gasteiger partial charge in [-0.3, -0.25) is 0 Å². The summed E-state index contributed by atoms with van der Waals surface area (Å²) in [5, 5.41) is 13.8. The Hall–Kier alpha value is -2.74. The zero-order valence-electron chi connectivity index (χ0n) is 16.0. The van der Waals surface area contributed by atoms with Crippen LogP contribution < -0.4 is 4.90 Å². The van der Waals surface area contributed by atoms with Crippen LogP contribution in [0.4, 0.5) is 5.82 Å². The lowest BCUT2D eigenvalue weighted by Crippen LogP contribution is -2.26. The minimum atomic E-state index is -0.990. The fraction of sp³-hybridized carbons (Fsp3) is 0.400. The molecule has 0 aromatic carbocycles. The Kier molecular flexibility index (Phi) is 4.89. The van der Waals surface area contributed by atoms with E-state index < -0.39 is 5.97 Å². The SMILES string of the molecule is Cc1ccc(-c2ccc(C(=O)O)c(N3CCC[C@H]3c3nc(C(C)C)no3)n2)s1. The first-order valence-corrected chi connectivity index (χ1v) is 10.2. The molecule has 4 rings (SSSR count). The molecule has 0 spiro atoms. The summed E-state index contributed by atoms with van der Waals surface area (Å²) in [7, 11) is 0. The molecule has 0 bridgehead atoms. The Morgan fingerprint density at radius 2 is 2.11 bits per heavy atom. The van der Waals surface area contributed by atoms with Gasteiger partial charge in [-0.25, -0.2) is 9.78 Å². The van der Waals surface area contributed by atoms with Crippen LogP contribution in [0, 0.1) is 6.92 Å². The highest BCUT2D eigenvalue weighted by molar-refractivity contribution is 7.15. The van der Waals surface area contributed by atoms with Gasteiger partial charge in [-0.15, -0.1) is 11.3 Å². The monoisotopic (exact) mass is 398 g/mol. The van der Waals surface area contributed by atoms with Gasteiger partial charge in [-0.05, 0) is 44.0 Å². The number of rotatable bonds is 5. The van der Waals surface area contributed by atoms with E-state index in [0.717, 1.165) is 23.4 Å². The van der Waals surface area contributed by atoms with Gasteiger partial charge in [0.05, 0.1) is 10.6 Å². The molecule has 0 radical (unpaired) electrons. The van der Waals surface area contributed by atoms with Crippen LogP contribution in [-0.2, 0) is 0 Å². The average molecular weight is 398 g/mol. The van der Waals surface area contributed by atoms with Crippen LogP contribution in [0.3, 0.4) is 0 Å². The first-order valence-electron chi connectivity index (χ1n) is 9.35. The third kappa shape index (κ3) is 3.40. The van der Waals surface area contributed by atoms with Crippen molar-refractivity contribution >= 4 is 23.1 Å². The summed E-state index contributed by atoms with van der Waals surface area (Å²) in [5.41, 5.74) is 0.963. The van der Waals surface area contributed by atoms with E-state index in [1.54, 1.807) is 23.5 Å². The van der Waals surface area contributed by atoms with Gasteiger partial charge in [0.25, 0.3) is 0 Å². The standard InChI is InChI=1S/C20H22N4O3S/c1-11(2)17-22-19(27-23-17)15-5-4-10-24(15)18-13(20(25)26)7-8-14(21-18)16-9-6-12(3)28-16/h6-9,11,15H,4-5,10H2,1-3H3,(H,25,26)/t15-/m0/s1. The summed E-state index contributed by atoms with van der Waals surface area (Å²) in [6, 6.07) is 7.30. The van der Waals surface area contributed by atoms with Crippen molar-refractivity contribution < 1.29 is 14.4 Å². The zero-order valence-corrected chi connectivity index (χ0v) is 16.9. The number of thiophene rings is 1. The second-order valence-corrected chi connectivity index (χ2v) is 8.57. The molecule has 0 amide bonds. The maximum atomic E-state index is 11.9. The smallest absolute Gasteiger partial charge is 0.339 e. The second kappa shape index (κ2) is 7.35. The summed E-state index contributed by atoms with van der Waals surface area (Å²) in [6.07, 6.45) is 1.73. The van der Waals surface area contributed by atoms with Gasteiger partial charge in [0.1, 0.15) is 17.4 Å². The van der Waals surface area contributed by atoms with E-state index in [1.807, 2.05) is 37.8 Å². The normalized spacial score (nSPS) is 16.9. The van der Waals surface area contributed by atoms with E-state index >= 15 is 0 Å². The van der Waals surface area contributed by atoms with Crippen molar-refractivity contribution in [1.82, 2.24) is 15.1 Å².